The molecule has 2 saturated heterocycles. The standard InChI is InChI=1S/C13H20BrN5/c1-15-12-11(14)13(17-9-16-12)19-7-4-10(8-19)18-5-2-3-6-18/h9-10H,2-8H2,1H3,(H,15,16,17). The van der Waals surface area contributed by atoms with E-state index in [0.29, 0.717) is 6.04 Å². The van der Waals surface area contributed by atoms with Crippen molar-refractivity contribution >= 4 is 27.6 Å². The van der Waals surface area contributed by atoms with Gasteiger partial charge in [0.25, 0.3) is 0 Å². The molecule has 2 aliphatic rings. The number of halogens is 1. The van der Waals surface area contributed by atoms with E-state index in [1.54, 1.807) is 6.33 Å². The van der Waals surface area contributed by atoms with Crippen LogP contribution in [-0.2, 0) is 0 Å². The van der Waals surface area contributed by atoms with Gasteiger partial charge in [-0.15, -0.1) is 0 Å². The quantitative estimate of drug-likeness (QED) is 0.920. The molecule has 1 atom stereocenters. The summed E-state index contributed by atoms with van der Waals surface area (Å²) in [5, 5.41) is 3.09. The minimum Gasteiger partial charge on any atom is -0.372 e. The van der Waals surface area contributed by atoms with Crippen LogP contribution in [0, 0.1) is 0 Å². The number of rotatable bonds is 3. The molecule has 2 fully saturated rings. The van der Waals surface area contributed by atoms with Crippen LogP contribution in [0.3, 0.4) is 0 Å². The second-order valence-corrected chi connectivity index (χ2v) is 6.03. The summed E-state index contributed by atoms with van der Waals surface area (Å²) in [5.74, 6) is 1.87. The van der Waals surface area contributed by atoms with E-state index in [1.807, 2.05) is 7.05 Å². The summed E-state index contributed by atoms with van der Waals surface area (Å²) in [7, 11) is 1.88. The molecule has 1 aromatic heterocycles. The predicted octanol–water partition coefficient (Wildman–Crippen LogP) is 1.96. The van der Waals surface area contributed by atoms with Gasteiger partial charge in [0.15, 0.2) is 0 Å². The van der Waals surface area contributed by atoms with Crippen molar-refractivity contribution in [2.45, 2.75) is 25.3 Å². The zero-order valence-corrected chi connectivity index (χ0v) is 12.9. The molecule has 0 aromatic carbocycles. The SMILES string of the molecule is CNc1ncnc(N2CCC(N3CCCC3)C2)c1Br. The Morgan fingerprint density at radius 2 is 2.05 bits per heavy atom. The monoisotopic (exact) mass is 325 g/mol. The highest BCUT2D eigenvalue weighted by Gasteiger charge is 2.30. The molecule has 1 N–H and O–H groups in total. The van der Waals surface area contributed by atoms with Gasteiger partial charge in [-0.2, -0.15) is 0 Å². The maximum atomic E-state index is 4.44. The average molecular weight is 326 g/mol. The number of anilines is 2. The van der Waals surface area contributed by atoms with Crippen molar-refractivity contribution in [3.63, 3.8) is 0 Å². The number of hydrogen-bond acceptors (Lipinski definition) is 5. The van der Waals surface area contributed by atoms with Crippen LogP contribution in [0.25, 0.3) is 0 Å². The zero-order chi connectivity index (χ0) is 13.2. The average Bonchev–Trinajstić information content (AvgIpc) is 3.09. The number of hydrogen-bond donors (Lipinski definition) is 1. The summed E-state index contributed by atoms with van der Waals surface area (Å²) in [5.41, 5.74) is 0. The summed E-state index contributed by atoms with van der Waals surface area (Å²) in [6, 6.07) is 0.697. The highest BCUT2D eigenvalue weighted by Crippen LogP contribution is 2.32. The van der Waals surface area contributed by atoms with Crippen LogP contribution in [0.1, 0.15) is 19.3 Å². The first kappa shape index (κ1) is 13.1. The molecule has 2 aliphatic heterocycles. The Morgan fingerprint density at radius 3 is 2.79 bits per heavy atom. The molecule has 6 heteroatoms. The van der Waals surface area contributed by atoms with Crippen LogP contribution >= 0.6 is 15.9 Å². The fraction of sp³-hybridized carbons (Fsp3) is 0.692. The minimum absolute atomic E-state index is 0.697. The van der Waals surface area contributed by atoms with E-state index in [-0.39, 0.29) is 0 Å². The lowest BCUT2D eigenvalue weighted by Gasteiger charge is -2.24. The molecular formula is C13H20BrN5. The van der Waals surface area contributed by atoms with Gasteiger partial charge >= 0.3 is 0 Å². The fourth-order valence-corrected chi connectivity index (χ4v) is 3.75. The lowest BCUT2D eigenvalue weighted by atomic mass is 10.2. The second-order valence-electron chi connectivity index (χ2n) is 5.24. The van der Waals surface area contributed by atoms with E-state index in [2.05, 4.69) is 41.0 Å². The molecular weight excluding hydrogens is 306 g/mol. The molecule has 0 bridgehead atoms. The molecule has 0 radical (unpaired) electrons. The van der Waals surface area contributed by atoms with Crippen molar-refractivity contribution in [3.8, 4) is 0 Å². The van der Waals surface area contributed by atoms with Crippen LogP contribution in [0.2, 0.25) is 0 Å². The maximum absolute atomic E-state index is 4.44. The molecule has 0 amide bonds. The van der Waals surface area contributed by atoms with E-state index in [1.165, 1.54) is 32.4 Å². The first-order valence-corrected chi connectivity index (χ1v) is 7.76. The topological polar surface area (TPSA) is 44.3 Å². The van der Waals surface area contributed by atoms with Gasteiger partial charge in [0.2, 0.25) is 0 Å². The number of likely N-dealkylation sites (tertiary alicyclic amines) is 1. The van der Waals surface area contributed by atoms with Gasteiger partial charge in [-0.3, -0.25) is 4.90 Å². The first-order valence-electron chi connectivity index (χ1n) is 6.97. The van der Waals surface area contributed by atoms with Crippen molar-refractivity contribution in [1.29, 1.82) is 0 Å². The van der Waals surface area contributed by atoms with Gasteiger partial charge in [-0.25, -0.2) is 9.97 Å². The molecule has 1 aromatic rings. The Balaban J connectivity index is 1.73. The van der Waals surface area contributed by atoms with Crippen molar-refractivity contribution in [2.75, 3.05) is 43.4 Å². The van der Waals surface area contributed by atoms with Crippen LogP contribution in [0.4, 0.5) is 11.6 Å². The Morgan fingerprint density at radius 1 is 1.26 bits per heavy atom. The van der Waals surface area contributed by atoms with Crippen molar-refractivity contribution < 1.29 is 0 Å². The lowest BCUT2D eigenvalue weighted by molar-refractivity contribution is 0.260. The Kier molecular flexibility index (Phi) is 3.88. The third kappa shape index (κ3) is 2.56. The van der Waals surface area contributed by atoms with Gasteiger partial charge < -0.3 is 10.2 Å². The minimum atomic E-state index is 0.697. The smallest absolute Gasteiger partial charge is 0.148 e. The predicted molar refractivity (Wildman–Crippen MR) is 80.7 cm³/mol. The number of nitrogens with zero attached hydrogens (tertiary/aromatic N) is 4. The summed E-state index contributed by atoms with van der Waals surface area (Å²) in [4.78, 5) is 13.7. The van der Waals surface area contributed by atoms with Gasteiger partial charge in [-0.05, 0) is 48.3 Å². The highest BCUT2D eigenvalue weighted by atomic mass is 79.9. The number of aromatic nitrogens is 2. The van der Waals surface area contributed by atoms with E-state index in [4.69, 9.17) is 0 Å². The van der Waals surface area contributed by atoms with Crippen LogP contribution < -0.4 is 10.2 Å². The molecule has 104 valence electrons. The molecule has 19 heavy (non-hydrogen) atoms. The molecule has 5 nitrogen and oxygen atoms in total. The Hall–Kier alpha value is -0.880. The van der Waals surface area contributed by atoms with E-state index in [9.17, 15) is 0 Å². The normalized spacial score (nSPS) is 24.1. The largest absolute Gasteiger partial charge is 0.372 e. The van der Waals surface area contributed by atoms with E-state index in [0.717, 1.165) is 29.2 Å². The first-order chi connectivity index (χ1) is 9.29. The van der Waals surface area contributed by atoms with E-state index >= 15 is 0 Å². The molecule has 0 spiro atoms. The third-order valence-electron chi connectivity index (χ3n) is 4.13. The number of nitrogens with one attached hydrogen (secondary N) is 1. The van der Waals surface area contributed by atoms with Crippen molar-refractivity contribution in [2.24, 2.45) is 0 Å². The molecule has 0 saturated carbocycles. The third-order valence-corrected chi connectivity index (χ3v) is 4.86. The summed E-state index contributed by atoms with van der Waals surface area (Å²) >= 11 is 3.61. The van der Waals surface area contributed by atoms with Crippen LogP contribution in [0.15, 0.2) is 10.8 Å². The van der Waals surface area contributed by atoms with E-state index < -0.39 is 0 Å². The van der Waals surface area contributed by atoms with Crippen molar-refractivity contribution in [3.05, 3.63) is 10.8 Å². The molecule has 3 heterocycles. The van der Waals surface area contributed by atoms with Gasteiger partial charge in [0.1, 0.15) is 22.4 Å². The molecule has 0 aliphatic carbocycles. The summed E-state index contributed by atoms with van der Waals surface area (Å²) in [6.45, 7) is 4.70. The van der Waals surface area contributed by atoms with Gasteiger partial charge in [0, 0.05) is 26.2 Å². The molecule has 3 rings (SSSR count). The van der Waals surface area contributed by atoms with Crippen LogP contribution in [0.5, 0.6) is 0 Å². The zero-order valence-electron chi connectivity index (χ0n) is 11.3. The summed E-state index contributed by atoms with van der Waals surface area (Å²) in [6.07, 6.45) is 5.59. The second kappa shape index (κ2) is 5.63. The Bertz CT molecular complexity index is 447. The maximum Gasteiger partial charge on any atom is 0.148 e. The lowest BCUT2D eigenvalue weighted by Crippen LogP contribution is -2.35. The van der Waals surface area contributed by atoms with Crippen molar-refractivity contribution in [1.82, 2.24) is 14.9 Å². The van der Waals surface area contributed by atoms with Gasteiger partial charge in [0.05, 0.1) is 0 Å². The molecule has 1 unspecified atom stereocenters. The van der Waals surface area contributed by atoms with Crippen LogP contribution in [-0.4, -0.2) is 54.1 Å². The summed E-state index contributed by atoms with van der Waals surface area (Å²) < 4.78 is 0.972. The fourth-order valence-electron chi connectivity index (χ4n) is 3.09. The Labute approximate surface area is 122 Å². The van der Waals surface area contributed by atoms with Gasteiger partial charge in [-0.1, -0.05) is 0 Å². The highest BCUT2D eigenvalue weighted by molar-refractivity contribution is 9.10.